The van der Waals surface area contributed by atoms with Gasteiger partial charge in [0, 0.05) is 13.2 Å². The fourth-order valence-corrected chi connectivity index (χ4v) is 1.25. The van der Waals surface area contributed by atoms with Crippen molar-refractivity contribution in [1.29, 1.82) is 0 Å². The average molecular weight is 230 g/mol. The van der Waals surface area contributed by atoms with E-state index >= 15 is 0 Å². The highest BCUT2D eigenvalue weighted by Crippen LogP contribution is 2.18. The third-order valence-electron chi connectivity index (χ3n) is 2.43. The van der Waals surface area contributed by atoms with Crippen molar-refractivity contribution in [2.24, 2.45) is 5.92 Å². The predicted octanol–water partition coefficient (Wildman–Crippen LogP) is 4.03. The van der Waals surface area contributed by atoms with Crippen LogP contribution in [0, 0.1) is 5.92 Å². The fraction of sp³-hybridized carbons (Fsp3) is 1.00. The second kappa shape index (κ2) is 6.61. The van der Waals surface area contributed by atoms with Gasteiger partial charge < -0.3 is 9.47 Å². The second-order valence-corrected chi connectivity index (χ2v) is 6.50. The van der Waals surface area contributed by atoms with Crippen molar-refractivity contribution in [3.63, 3.8) is 0 Å². The van der Waals surface area contributed by atoms with Crippen LogP contribution in [0.5, 0.6) is 0 Å². The molecule has 0 N–H and O–H groups in total. The minimum absolute atomic E-state index is 0.0476. The van der Waals surface area contributed by atoms with E-state index in [9.17, 15) is 0 Å². The van der Waals surface area contributed by atoms with E-state index in [-0.39, 0.29) is 11.2 Å². The third-order valence-corrected chi connectivity index (χ3v) is 2.43. The summed E-state index contributed by atoms with van der Waals surface area (Å²) in [6, 6.07) is 0. The Kier molecular flexibility index (Phi) is 6.57. The van der Waals surface area contributed by atoms with E-state index in [1.165, 1.54) is 0 Å². The lowest BCUT2D eigenvalue weighted by atomic mass is 10.1. The largest absolute Gasteiger partial charge is 0.376 e. The van der Waals surface area contributed by atoms with Crippen LogP contribution in [0.1, 0.15) is 61.3 Å². The molecule has 0 saturated heterocycles. The number of hydrogen-bond donors (Lipinski definition) is 0. The zero-order chi connectivity index (χ0) is 12.8. The van der Waals surface area contributed by atoms with Gasteiger partial charge in [0.05, 0.1) is 11.2 Å². The molecule has 0 saturated carbocycles. The Labute approximate surface area is 102 Å². The molecule has 0 rings (SSSR count). The summed E-state index contributed by atoms with van der Waals surface area (Å²) in [5, 5.41) is 0. The van der Waals surface area contributed by atoms with Gasteiger partial charge in [-0.3, -0.25) is 0 Å². The van der Waals surface area contributed by atoms with Crippen LogP contribution < -0.4 is 0 Å². The van der Waals surface area contributed by atoms with E-state index in [4.69, 9.17) is 9.47 Å². The molecule has 0 aliphatic rings. The van der Waals surface area contributed by atoms with Crippen molar-refractivity contribution in [2.75, 3.05) is 13.2 Å². The smallest absolute Gasteiger partial charge is 0.0648 e. The first-order valence-corrected chi connectivity index (χ1v) is 6.40. The molecule has 0 aromatic heterocycles. The van der Waals surface area contributed by atoms with Gasteiger partial charge in [0.25, 0.3) is 0 Å². The molecule has 0 amide bonds. The van der Waals surface area contributed by atoms with Crippen molar-refractivity contribution >= 4 is 0 Å². The Balaban J connectivity index is 3.70. The van der Waals surface area contributed by atoms with Crippen LogP contribution in [-0.2, 0) is 9.47 Å². The molecule has 0 heterocycles. The molecule has 0 aliphatic carbocycles. The van der Waals surface area contributed by atoms with Gasteiger partial charge in [-0.15, -0.1) is 0 Å². The van der Waals surface area contributed by atoms with Gasteiger partial charge in [0.1, 0.15) is 0 Å². The van der Waals surface area contributed by atoms with Crippen molar-refractivity contribution < 1.29 is 9.47 Å². The number of rotatable bonds is 7. The van der Waals surface area contributed by atoms with Crippen molar-refractivity contribution in [3.05, 3.63) is 0 Å². The summed E-state index contributed by atoms with van der Waals surface area (Å²) >= 11 is 0. The van der Waals surface area contributed by atoms with E-state index in [2.05, 4.69) is 48.5 Å². The van der Waals surface area contributed by atoms with Crippen LogP contribution in [0.4, 0.5) is 0 Å². The number of ether oxygens (including phenoxy) is 2. The van der Waals surface area contributed by atoms with E-state index in [0.29, 0.717) is 5.92 Å². The lowest BCUT2D eigenvalue weighted by molar-refractivity contribution is -0.0684. The molecule has 0 radical (unpaired) electrons. The van der Waals surface area contributed by atoms with Crippen molar-refractivity contribution in [3.8, 4) is 0 Å². The average Bonchev–Trinajstić information content (AvgIpc) is 1.99. The summed E-state index contributed by atoms with van der Waals surface area (Å²) in [5.74, 6) is 0.710. The first-order chi connectivity index (χ1) is 7.12. The maximum absolute atomic E-state index is 5.88. The van der Waals surface area contributed by atoms with Crippen LogP contribution >= 0.6 is 0 Å². The predicted molar refractivity (Wildman–Crippen MR) is 69.8 cm³/mol. The van der Waals surface area contributed by atoms with Gasteiger partial charge in [-0.1, -0.05) is 13.8 Å². The summed E-state index contributed by atoms with van der Waals surface area (Å²) in [7, 11) is 0. The van der Waals surface area contributed by atoms with E-state index in [1.807, 2.05) is 0 Å². The van der Waals surface area contributed by atoms with Gasteiger partial charge in [-0.2, -0.15) is 0 Å². The molecular weight excluding hydrogens is 200 g/mol. The normalized spacial score (nSPS) is 13.5. The van der Waals surface area contributed by atoms with Gasteiger partial charge in [0.2, 0.25) is 0 Å². The topological polar surface area (TPSA) is 18.5 Å². The number of hydrogen-bond acceptors (Lipinski definition) is 2. The molecule has 0 atom stereocenters. The van der Waals surface area contributed by atoms with Gasteiger partial charge in [-0.05, 0) is 53.4 Å². The molecule has 0 spiro atoms. The monoisotopic (exact) mass is 230 g/mol. The van der Waals surface area contributed by atoms with Crippen LogP contribution in [-0.4, -0.2) is 24.4 Å². The van der Waals surface area contributed by atoms with E-state index in [0.717, 1.165) is 26.1 Å². The second-order valence-electron chi connectivity index (χ2n) is 6.50. The van der Waals surface area contributed by atoms with Crippen LogP contribution in [0.3, 0.4) is 0 Å². The minimum atomic E-state index is -0.0693. The first kappa shape index (κ1) is 15.9. The SMILES string of the molecule is CC(C)CCOC(C)(C)CCOC(C)(C)C. The van der Waals surface area contributed by atoms with Crippen LogP contribution in [0.2, 0.25) is 0 Å². The maximum atomic E-state index is 5.88. The fourth-order valence-electron chi connectivity index (χ4n) is 1.25. The molecule has 0 unspecified atom stereocenters. The highest BCUT2D eigenvalue weighted by Gasteiger charge is 2.20. The molecule has 0 aromatic carbocycles. The van der Waals surface area contributed by atoms with Gasteiger partial charge >= 0.3 is 0 Å². The maximum Gasteiger partial charge on any atom is 0.0648 e. The van der Waals surface area contributed by atoms with Crippen molar-refractivity contribution in [1.82, 2.24) is 0 Å². The molecule has 0 aromatic rings. The van der Waals surface area contributed by atoms with E-state index in [1.54, 1.807) is 0 Å². The van der Waals surface area contributed by atoms with Crippen LogP contribution in [0.25, 0.3) is 0 Å². The lowest BCUT2D eigenvalue weighted by Gasteiger charge is -2.28. The highest BCUT2D eigenvalue weighted by molar-refractivity contribution is 4.69. The Bertz CT molecular complexity index is 178. The Morgan fingerprint density at radius 3 is 1.88 bits per heavy atom. The zero-order valence-electron chi connectivity index (χ0n) is 12.2. The highest BCUT2D eigenvalue weighted by atomic mass is 16.5. The molecule has 2 heteroatoms. The first-order valence-electron chi connectivity index (χ1n) is 6.40. The summed E-state index contributed by atoms with van der Waals surface area (Å²) in [6.07, 6.45) is 2.08. The minimum Gasteiger partial charge on any atom is -0.376 e. The summed E-state index contributed by atoms with van der Waals surface area (Å²) < 4.78 is 11.6. The zero-order valence-corrected chi connectivity index (χ0v) is 12.2. The van der Waals surface area contributed by atoms with Gasteiger partial charge in [-0.25, -0.2) is 0 Å². The van der Waals surface area contributed by atoms with Crippen LogP contribution in [0.15, 0.2) is 0 Å². The molecule has 98 valence electrons. The summed E-state index contributed by atoms with van der Waals surface area (Å²) in [6.45, 7) is 16.6. The quantitative estimate of drug-likeness (QED) is 0.657. The Morgan fingerprint density at radius 1 is 0.875 bits per heavy atom. The standard InChI is InChI=1S/C14H30O2/c1-12(2)8-10-16-14(6,7)9-11-15-13(3,4)5/h12H,8-11H2,1-7H3. The Hall–Kier alpha value is -0.0800. The molecule has 0 aliphatic heterocycles. The molecule has 0 fully saturated rings. The van der Waals surface area contributed by atoms with E-state index < -0.39 is 0 Å². The molecule has 2 nitrogen and oxygen atoms in total. The van der Waals surface area contributed by atoms with Gasteiger partial charge in [0.15, 0.2) is 0 Å². The third kappa shape index (κ3) is 10.4. The summed E-state index contributed by atoms with van der Waals surface area (Å²) in [4.78, 5) is 0. The summed E-state index contributed by atoms with van der Waals surface area (Å²) in [5.41, 5.74) is -0.117. The molecule has 16 heavy (non-hydrogen) atoms. The lowest BCUT2D eigenvalue weighted by Crippen LogP contribution is -2.29. The Morgan fingerprint density at radius 2 is 1.44 bits per heavy atom. The molecular formula is C14H30O2. The van der Waals surface area contributed by atoms with Crippen molar-refractivity contribution in [2.45, 2.75) is 72.5 Å². The molecule has 0 bridgehead atoms.